The molecule has 1 aliphatic carbocycles. The van der Waals surface area contributed by atoms with Crippen LogP contribution >= 0.6 is 11.6 Å². The van der Waals surface area contributed by atoms with Gasteiger partial charge in [0.1, 0.15) is 5.15 Å². The van der Waals surface area contributed by atoms with E-state index < -0.39 is 0 Å². The van der Waals surface area contributed by atoms with Crippen LogP contribution in [0.3, 0.4) is 0 Å². The number of halogens is 1. The van der Waals surface area contributed by atoms with Crippen molar-refractivity contribution >= 4 is 17.5 Å². The van der Waals surface area contributed by atoms with Gasteiger partial charge in [-0.3, -0.25) is 9.48 Å². The van der Waals surface area contributed by atoms with Gasteiger partial charge in [0, 0.05) is 19.2 Å². The lowest BCUT2D eigenvalue weighted by atomic mass is 9.98. The molecule has 0 spiro atoms. The van der Waals surface area contributed by atoms with Crippen LogP contribution in [-0.4, -0.2) is 27.1 Å². The Bertz CT molecular complexity index is 798. The number of likely N-dealkylation sites (tertiary alicyclic amines) is 1. The van der Waals surface area contributed by atoms with Gasteiger partial charge in [0.25, 0.3) is 0 Å². The number of aromatic nitrogens is 2. The first kappa shape index (κ1) is 15.7. The molecular weight excluding hydrogens is 322 g/mol. The maximum Gasteiger partial charge on any atom is 0.230 e. The molecule has 0 saturated carbocycles. The molecule has 2 aliphatic rings. The van der Waals surface area contributed by atoms with Gasteiger partial charge in [0.2, 0.25) is 5.91 Å². The molecule has 2 atom stereocenters. The number of benzene rings is 1. The average molecular weight is 344 g/mol. The van der Waals surface area contributed by atoms with Gasteiger partial charge in [-0.1, -0.05) is 35.9 Å². The van der Waals surface area contributed by atoms with Crippen LogP contribution in [0.2, 0.25) is 5.15 Å². The molecule has 5 heteroatoms. The lowest BCUT2D eigenvalue weighted by Gasteiger charge is -2.28. The second-order valence-corrected chi connectivity index (χ2v) is 7.25. The second kappa shape index (κ2) is 5.92. The highest BCUT2D eigenvalue weighted by Gasteiger charge is 2.39. The molecule has 1 aromatic heterocycles. The van der Waals surface area contributed by atoms with Crippen molar-refractivity contribution in [2.75, 3.05) is 6.54 Å². The van der Waals surface area contributed by atoms with Crippen LogP contribution in [0.25, 0.3) is 0 Å². The van der Waals surface area contributed by atoms with Crippen LogP contribution in [0.1, 0.15) is 53.6 Å². The Kier molecular flexibility index (Phi) is 3.87. The van der Waals surface area contributed by atoms with E-state index in [1.807, 2.05) is 24.9 Å². The van der Waals surface area contributed by atoms with E-state index in [0.29, 0.717) is 5.15 Å². The minimum Gasteiger partial charge on any atom is -0.335 e. The van der Waals surface area contributed by atoms with E-state index in [0.717, 1.165) is 43.5 Å². The van der Waals surface area contributed by atoms with Gasteiger partial charge in [-0.2, -0.15) is 5.10 Å². The molecule has 0 N–H and O–H groups in total. The van der Waals surface area contributed by atoms with Crippen molar-refractivity contribution in [3.05, 3.63) is 51.8 Å². The summed E-state index contributed by atoms with van der Waals surface area (Å²) in [6.45, 7) is 2.79. The maximum absolute atomic E-state index is 13.3. The number of amides is 1. The average Bonchev–Trinajstić information content (AvgIpc) is 3.26. The Hall–Kier alpha value is -1.81. The van der Waals surface area contributed by atoms with Crippen LogP contribution in [0.4, 0.5) is 0 Å². The molecule has 1 fully saturated rings. The highest BCUT2D eigenvalue weighted by molar-refractivity contribution is 6.30. The summed E-state index contributed by atoms with van der Waals surface area (Å²) in [6.07, 6.45) is 3.90. The Morgan fingerprint density at radius 3 is 2.83 bits per heavy atom. The molecule has 1 aromatic carbocycles. The number of carbonyl (C=O) groups excluding carboxylic acids is 1. The third-order valence-electron chi connectivity index (χ3n) is 5.50. The predicted octanol–water partition coefficient (Wildman–Crippen LogP) is 3.78. The first-order chi connectivity index (χ1) is 11.6. The molecule has 1 saturated heterocycles. The molecule has 126 valence electrons. The van der Waals surface area contributed by atoms with E-state index >= 15 is 0 Å². The molecule has 2 heterocycles. The van der Waals surface area contributed by atoms with E-state index in [1.54, 1.807) is 4.68 Å². The van der Waals surface area contributed by atoms with Crippen LogP contribution < -0.4 is 0 Å². The van der Waals surface area contributed by atoms with Gasteiger partial charge in [0.15, 0.2) is 0 Å². The van der Waals surface area contributed by atoms with E-state index in [2.05, 4.69) is 23.3 Å². The van der Waals surface area contributed by atoms with Crippen molar-refractivity contribution in [3.63, 3.8) is 0 Å². The SMILES string of the molecule is Cc1nn(C)c(Cl)c1[C@H]1CCCN1C(=O)[C@H]1CCc2ccccc21. The van der Waals surface area contributed by atoms with Crippen LogP contribution in [0.5, 0.6) is 0 Å². The predicted molar refractivity (Wildman–Crippen MR) is 94.1 cm³/mol. The first-order valence-electron chi connectivity index (χ1n) is 8.65. The molecular formula is C19H22ClN3O. The Balaban J connectivity index is 1.65. The van der Waals surface area contributed by atoms with Gasteiger partial charge in [-0.25, -0.2) is 0 Å². The van der Waals surface area contributed by atoms with Crippen molar-refractivity contribution in [2.45, 2.75) is 44.6 Å². The summed E-state index contributed by atoms with van der Waals surface area (Å²) in [5.74, 6) is 0.249. The van der Waals surface area contributed by atoms with E-state index in [4.69, 9.17) is 11.6 Å². The summed E-state index contributed by atoms with van der Waals surface area (Å²) in [4.78, 5) is 15.3. The van der Waals surface area contributed by atoms with Crippen molar-refractivity contribution in [2.24, 2.45) is 7.05 Å². The summed E-state index contributed by atoms with van der Waals surface area (Å²) < 4.78 is 1.71. The zero-order valence-electron chi connectivity index (χ0n) is 14.1. The normalized spacial score (nSPS) is 22.9. The second-order valence-electron chi connectivity index (χ2n) is 6.89. The Morgan fingerprint density at radius 1 is 1.29 bits per heavy atom. The standard InChI is InChI=1S/C19H22ClN3O/c1-12-17(18(20)22(2)21-12)16-8-5-11-23(16)19(24)15-10-9-13-6-3-4-7-14(13)15/h3-4,6-7,15-16H,5,8-11H2,1-2H3/t15-,16+/m0/s1. The van der Waals surface area contributed by atoms with Gasteiger partial charge in [0.05, 0.1) is 17.7 Å². The number of hydrogen-bond donors (Lipinski definition) is 0. The minimum absolute atomic E-state index is 0.00227. The van der Waals surface area contributed by atoms with Crippen LogP contribution in [0.15, 0.2) is 24.3 Å². The fourth-order valence-electron chi connectivity index (χ4n) is 4.37. The fourth-order valence-corrected chi connectivity index (χ4v) is 4.67. The molecule has 0 unspecified atom stereocenters. The smallest absolute Gasteiger partial charge is 0.230 e. The minimum atomic E-state index is -0.00227. The van der Waals surface area contributed by atoms with Crippen molar-refractivity contribution < 1.29 is 4.79 Å². The molecule has 4 rings (SSSR count). The molecule has 1 amide bonds. The summed E-state index contributed by atoms with van der Waals surface area (Å²) in [6, 6.07) is 8.41. The van der Waals surface area contributed by atoms with Crippen LogP contribution in [-0.2, 0) is 18.3 Å². The largest absolute Gasteiger partial charge is 0.335 e. The van der Waals surface area contributed by atoms with Crippen molar-refractivity contribution in [1.82, 2.24) is 14.7 Å². The summed E-state index contributed by atoms with van der Waals surface area (Å²) in [7, 11) is 1.85. The van der Waals surface area contributed by atoms with Gasteiger partial charge in [-0.15, -0.1) is 0 Å². The number of aryl methyl sites for hydroxylation is 3. The summed E-state index contributed by atoms with van der Waals surface area (Å²) in [5.41, 5.74) is 4.49. The Morgan fingerprint density at radius 2 is 2.08 bits per heavy atom. The third-order valence-corrected chi connectivity index (χ3v) is 5.94. The number of carbonyl (C=O) groups is 1. The maximum atomic E-state index is 13.3. The summed E-state index contributed by atoms with van der Waals surface area (Å²) >= 11 is 6.47. The first-order valence-corrected chi connectivity index (χ1v) is 9.03. The zero-order valence-corrected chi connectivity index (χ0v) is 14.9. The van der Waals surface area contributed by atoms with Crippen molar-refractivity contribution in [1.29, 1.82) is 0 Å². The van der Waals surface area contributed by atoms with E-state index in [9.17, 15) is 4.79 Å². The monoisotopic (exact) mass is 343 g/mol. The quantitative estimate of drug-likeness (QED) is 0.832. The number of fused-ring (bicyclic) bond motifs is 1. The lowest BCUT2D eigenvalue weighted by Crippen LogP contribution is -2.34. The zero-order chi connectivity index (χ0) is 16.8. The van der Waals surface area contributed by atoms with Gasteiger partial charge >= 0.3 is 0 Å². The Labute approximate surface area is 147 Å². The molecule has 1 aliphatic heterocycles. The molecule has 0 radical (unpaired) electrons. The molecule has 24 heavy (non-hydrogen) atoms. The highest BCUT2D eigenvalue weighted by Crippen LogP contribution is 2.41. The number of nitrogens with zero attached hydrogens (tertiary/aromatic N) is 3. The van der Waals surface area contributed by atoms with Gasteiger partial charge in [-0.05, 0) is 43.7 Å². The van der Waals surface area contributed by atoms with Crippen LogP contribution in [0, 0.1) is 6.92 Å². The fraction of sp³-hybridized carbons (Fsp3) is 0.474. The molecule has 0 bridgehead atoms. The lowest BCUT2D eigenvalue weighted by molar-refractivity contribution is -0.133. The molecule has 4 nitrogen and oxygen atoms in total. The summed E-state index contributed by atoms with van der Waals surface area (Å²) in [5, 5.41) is 5.09. The highest BCUT2D eigenvalue weighted by atomic mass is 35.5. The third kappa shape index (κ3) is 2.35. The number of rotatable bonds is 2. The number of hydrogen-bond acceptors (Lipinski definition) is 2. The molecule has 2 aromatic rings. The van der Waals surface area contributed by atoms with E-state index in [-0.39, 0.29) is 17.9 Å². The van der Waals surface area contributed by atoms with E-state index in [1.165, 1.54) is 11.1 Å². The van der Waals surface area contributed by atoms with Crippen molar-refractivity contribution in [3.8, 4) is 0 Å². The topological polar surface area (TPSA) is 38.1 Å². The van der Waals surface area contributed by atoms with Gasteiger partial charge < -0.3 is 4.90 Å².